The van der Waals surface area contributed by atoms with E-state index in [4.69, 9.17) is 5.73 Å². The minimum atomic E-state index is -1.70. The lowest BCUT2D eigenvalue weighted by Gasteiger charge is -2.34. The molecule has 362 valence electrons. The number of carboxylic acid groups (broad SMARTS) is 2. The summed E-state index contributed by atoms with van der Waals surface area (Å²) in [6.45, 7) is 13.5. The third-order valence-electron chi connectivity index (χ3n) is 10.1. The van der Waals surface area contributed by atoms with Crippen molar-refractivity contribution in [3.63, 3.8) is 0 Å². The van der Waals surface area contributed by atoms with Crippen molar-refractivity contribution in [2.75, 3.05) is 6.54 Å². The van der Waals surface area contributed by atoms with E-state index in [9.17, 15) is 63.0 Å². The molecule has 0 radical (unpaired) electrons. The smallest absolute Gasteiger partial charge is 0.305 e. The van der Waals surface area contributed by atoms with Crippen LogP contribution < -0.4 is 43.0 Å². The molecule has 1 unspecified atom stereocenters. The number of amides is 8. The maximum atomic E-state index is 14.4. The van der Waals surface area contributed by atoms with Gasteiger partial charge in [-0.05, 0) is 55.1 Å². The topological polar surface area (TPSA) is 338 Å². The lowest BCUT2D eigenvalue weighted by atomic mass is 9.85. The van der Waals surface area contributed by atoms with Crippen LogP contribution in [0.2, 0.25) is 0 Å². The highest BCUT2D eigenvalue weighted by Crippen LogP contribution is 2.21. The van der Waals surface area contributed by atoms with Crippen molar-refractivity contribution >= 4 is 65.0 Å². The van der Waals surface area contributed by atoms with Gasteiger partial charge in [-0.1, -0.05) is 78.6 Å². The number of carbonyl (C=O) groups excluding carboxylic acids is 9. The summed E-state index contributed by atoms with van der Waals surface area (Å²) in [7, 11) is 0. The molecule has 65 heavy (non-hydrogen) atoms. The number of ketones is 1. The lowest BCUT2D eigenvalue weighted by Crippen LogP contribution is -2.62. The van der Waals surface area contributed by atoms with Crippen molar-refractivity contribution in [2.24, 2.45) is 17.1 Å². The van der Waals surface area contributed by atoms with Crippen LogP contribution in [0.25, 0.3) is 0 Å². The van der Waals surface area contributed by atoms with E-state index in [2.05, 4.69) is 37.2 Å². The number of nitrogens with one attached hydrogen (secondary N) is 7. The number of aliphatic carboxylic acids is 2. The Morgan fingerprint density at radius 3 is 1.75 bits per heavy atom. The van der Waals surface area contributed by atoms with Crippen LogP contribution in [0, 0.1) is 18.3 Å². The number of benzene rings is 1. The molecule has 1 rings (SSSR count). The summed E-state index contributed by atoms with van der Waals surface area (Å²) in [6, 6.07) is -1.77. The Bertz CT molecular complexity index is 1880. The van der Waals surface area contributed by atoms with Gasteiger partial charge in [0.2, 0.25) is 47.1 Å². The zero-order chi connectivity index (χ0) is 49.6. The van der Waals surface area contributed by atoms with Crippen LogP contribution in [0.4, 0.5) is 0 Å². The maximum absolute atomic E-state index is 14.4. The highest BCUT2D eigenvalue weighted by atomic mass is 16.4. The van der Waals surface area contributed by atoms with Gasteiger partial charge in [-0.15, -0.1) is 0 Å². The first kappa shape index (κ1) is 56.6. The molecular weight excluding hydrogens is 849 g/mol. The summed E-state index contributed by atoms with van der Waals surface area (Å²) in [5.41, 5.74) is 5.52. The number of hydrogen-bond donors (Lipinski definition) is 10. The van der Waals surface area contributed by atoms with Crippen LogP contribution in [-0.2, 0) is 59.2 Å². The lowest BCUT2D eigenvalue weighted by molar-refractivity contribution is -0.141. The van der Waals surface area contributed by atoms with Crippen molar-refractivity contribution in [3.8, 4) is 0 Å². The minimum Gasteiger partial charge on any atom is -0.481 e. The Kier molecular flexibility index (Phi) is 24.1. The van der Waals surface area contributed by atoms with Gasteiger partial charge in [0.05, 0.1) is 12.5 Å². The Morgan fingerprint density at radius 1 is 0.662 bits per heavy atom. The van der Waals surface area contributed by atoms with E-state index in [-0.39, 0.29) is 50.5 Å². The average Bonchev–Trinajstić information content (AvgIpc) is 3.19. The van der Waals surface area contributed by atoms with E-state index in [0.717, 1.165) is 5.56 Å². The molecule has 0 spiro atoms. The molecule has 21 nitrogen and oxygen atoms in total. The van der Waals surface area contributed by atoms with E-state index < -0.39 is 120 Å². The molecule has 21 heteroatoms. The van der Waals surface area contributed by atoms with Gasteiger partial charge in [-0.25, -0.2) is 0 Å². The second kappa shape index (κ2) is 27.7. The summed E-state index contributed by atoms with van der Waals surface area (Å²) >= 11 is 0. The normalized spacial score (nSPS) is 13.9. The van der Waals surface area contributed by atoms with Crippen LogP contribution >= 0.6 is 0 Å². The fraction of sp³-hybridized carbons (Fsp3) is 0.614. The summed E-state index contributed by atoms with van der Waals surface area (Å²) in [5, 5.41) is 36.6. The summed E-state index contributed by atoms with van der Waals surface area (Å²) in [5.74, 6) is -10.9. The van der Waals surface area contributed by atoms with E-state index >= 15 is 0 Å². The summed E-state index contributed by atoms with van der Waals surface area (Å²) < 4.78 is 0. The molecule has 6 atom stereocenters. The Labute approximate surface area is 379 Å². The van der Waals surface area contributed by atoms with Gasteiger partial charge in [0, 0.05) is 32.7 Å². The zero-order valence-corrected chi connectivity index (χ0v) is 38.6. The number of Topliss-reactive ketones (excluding diaryl/α,β-unsaturated/α-hetero) is 1. The Hall–Kier alpha value is -6.41. The van der Waals surface area contributed by atoms with Crippen molar-refractivity contribution in [1.29, 1.82) is 0 Å². The largest absolute Gasteiger partial charge is 0.481 e. The number of carboxylic acids is 2. The molecule has 11 N–H and O–H groups in total. The molecule has 1 aromatic carbocycles. The van der Waals surface area contributed by atoms with Gasteiger partial charge in [0.25, 0.3) is 5.91 Å². The van der Waals surface area contributed by atoms with Crippen molar-refractivity contribution in [2.45, 2.75) is 156 Å². The fourth-order valence-corrected chi connectivity index (χ4v) is 6.51. The predicted molar refractivity (Wildman–Crippen MR) is 236 cm³/mol. The SMILES string of the molecule is CCCCC(NC(=O)[C@H](CC(C)C)NC(=O)[C@@H](NC(=O)[C@H](Cc1ccccc1C)NC(=O)[C@H](CCC(=O)O)NC(=O)[C@H](CC(=O)O)NC(=O)CCCNC(C)=O)C(C)(C)C)C(=O)C(N)=O. The molecule has 0 aliphatic carbocycles. The standard InChI is InChI=1S/C44H68N8O13/c1-9-10-16-28(36(59)38(45)60)48-40(62)30(21-24(2)3)51-43(65)37(44(6,7)8)52-42(64)31(22-27-15-12-11-14-25(27)4)50-39(61)29(18-19-34(55)56)49-41(63)32(23-35(57)58)47-33(54)17-13-20-46-26(5)53/h11-12,14-15,24,28-32,37H,9-10,13,16-23H2,1-8H3,(H2,45,60)(H,46,53)(H,47,54)(H,48,62)(H,49,63)(H,50,61)(H,51,65)(H,52,64)(H,55,56)(H,57,58)/t28?,29-,30-,31-,32-,37+/m0/s1. The van der Waals surface area contributed by atoms with Gasteiger partial charge in [0.1, 0.15) is 30.2 Å². The first-order chi connectivity index (χ1) is 30.3. The first-order valence-electron chi connectivity index (χ1n) is 21.6. The number of primary amides is 1. The zero-order valence-electron chi connectivity index (χ0n) is 38.6. The van der Waals surface area contributed by atoms with E-state index in [1.54, 1.807) is 65.8 Å². The monoisotopic (exact) mass is 916 g/mol. The van der Waals surface area contributed by atoms with E-state index in [0.29, 0.717) is 18.4 Å². The molecule has 0 fully saturated rings. The Morgan fingerprint density at radius 2 is 1.22 bits per heavy atom. The van der Waals surface area contributed by atoms with Crippen LogP contribution in [0.1, 0.15) is 117 Å². The maximum Gasteiger partial charge on any atom is 0.305 e. The molecule has 1 aromatic rings. The molecule has 0 aliphatic heterocycles. The summed E-state index contributed by atoms with van der Waals surface area (Å²) in [4.78, 5) is 141. The Balaban J connectivity index is 3.56. The summed E-state index contributed by atoms with van der Waals surface area (Å²) in [6.07, 6.45) is -0.917. The van der Waals surface area contributed by atoms with Crippen LogP contribution in [-0.4, -0.2) is 118 Å². The second-order valence-corrected chi connectivity index (χ2v) is 17.4. The van der Waals surface area contributed by atoms with Gasteiger partial charge < -0.3 is 53.2 Å². The van der Waals surface area contributed by atoms with E-state index in [1.807, 2.05) is 6.92 Å². The van der Waals surface area contributed by atoms with E-state index in [1.165, 1.54) is 6.92 Å². The quantitative estimate of drug-likeness (QED) is 0.0375. The fourth-order valence-electron chi connectivity index (χ4n) is 6.51. The van der Waals surface area contributed by atoms with Crippen LogP contribution in [0.3, 0.4) is 0 Å². The third kappa shape index (κ3) is 21.7. The molecule has 8 amide bonds. The molecule has 0 aliphatic rings. The minimum absolute atomic E-state index is 0.0959. The van der Waals surface area contributed by atoms with Crippen LogP contribution in [0.15, 0.2) is 24.3 Å². The van der Waals surface area contributed by atoms with Crippen LogP contribution in [0.5, 0.6) is 0 Å². The van der Waals surface area contributed by atoms with Crippen molar-refractivity contribution < 1.29 is 63.0 Å². The molecule has 0 saturated heterocycles. The first-order valence-corrected chi connectivity index (χ1v) is 21.6. The number of unbranched alkanes of at least 4 members (excludes halogenated alkanes) is 1. The highest BCUT2D eigenvalue weighted by molar-refractivity contribution is 6.37. The van der Waals surface area contributed by atoms with Gasteiger partial charge in [0.15, 0.2) is 0 Å². The highest BCUT2D eigenvalue weighted by Gasteiger charge is 2.39. The molecule has 0 bridgehead atoms. The number of carbonyl (C=O) groups is 11. The number of hydrogen-bond acceptors (Lipinski definition) is 11. The van der Waals surface area contributed by atoms with Crippen molar-refractivity contribution in [1.82, 2.24) is 37.2 Å². The van der Waals surface area contributed by atoms with Gasteiger partial charge >= 0.3 is 11.9 Å². The number of aryl methyl sites for hydroxylation is 1. The third-order valence-corrected chi connectivity index (χ3v) is 10.1. The molecule has 0 saturated carbocycles. The predicted octanol–water partition coefficient (Wildman–Crippen LogP) is 0.0389. The number of rotatable bonds is 29. The number of nitrogens with two attached hydrogens (primary N) is 1. The molecular formula is C44H68N8O13. The second-order valence-electron chi connectivity index (χ2n) is 17.4. The molecule has 0 heterocycles. The van der Waals surface area contributed by atoms with Gasteiger partial charge in [-0.2, -0.15) is 0 Å². The van der Waals surface area contributed by atoms with Crippen molar-refractivity contribution in [3.05, 3.63) is 35.4 Å². The van der Waals surface area contributed by atoms with Gasteiger partial charge in [-0.3, -0.25) is 52.7 Å². The average molecular weight is 917 g/mol. The molecule has 0 aromatic heterocycles.